The number of aliphatic hydroxyl groups excluding tert-OH is 1. The quantitative estimate of drug-likeness (QED) is 0.280. The van der Waals surface area contributed by atoms with Gasteiger partial charge in [-0.3, -0.25) is 9.59 Å². The van der Waals surface area contributed by atoms with Crippen molar-refractivity contribution in [3.05, 3.63) is 101 Å². The number of carbonyl (C=O) groups is 2. The van der Waals surface area contributed by atoms with Crippen molar-refractivity contribution in [2.75, 3.05) is 20.3 Å². The third kappa shape index (κ3) is 6.18. The predicted molar refractivity (Wildman–Crippen MR) is 144 cm³/mol. The number of aliphatic hydroxyl groups is 1. The van der Waals surface area contributed by atoms with E-state index in [2.05, 4.69) is 27.5 Å². The Morgan fingerprint density at radius 2 is 1.78 bits per heavy atom. The Labute approximate surface area is 215 Å². The van der Waals surface area contributed by atoms with Crippen LogP contribution in [0.1, 0.15) is 44.3 Å². The lowest BCUT2D eigenvalue weighted by atomic mass is 10.0. The van der Waals surface area contributed by atoms with Gasteiger partial charge in [-0.2, -0.15) is 0 Å². The smallest absolute Gasteiger partial charge is 0.255 e. The number of nitrogens with one attached hydrogen (secondary N) is 3. The Morgan fingerprint density at radius 3 is 2.54 bits per heavy atom. The average Bonchev–Trinajstić information content (AvgIpc) is 3.34. The van der Waals surface area contributed by atoms with E-state index in [0.29, 0.717) is 41.0 Å². The molecule has 0 spiro atoms. The van der Waals surface area contributed by atoms with E-state index in [9.17, 15) is 14.7 Å². The zero-order chi connectivity index (χ0) is 26.2. The summed E-state index contributed by atoms with van der Waals surface area (Å²) in [5, 5.41) is 16.6. The number of hydrogen-bond acceptors (Lipinski definition) is 4. The fourth-order valence-electron chi connectivity index (χ4n) is 4.08. The number of hydrogen-bond donors (Lipinski definition) is 4. The number of aromatic amines is 1. The lowest BCUT2D eigenvalue weighted by Crippen LogP contribution is -2.39. The standard InChI is InChI=1S/C30H29N3O4/c1-3-37-28-14-13-21(12-11-20-7-6-8-22(15-20)29(35)31-2)16-26(28)30(36)33-24(19-34)17-23-18-32-27-10-5-4-9-25(23)27/h4-10,13-16,18,24,32,34H,3,17,19H2,1-2H3,(H,31,35)(H,33,36). The van der Waals surface area contributed by atoms with Crippen LogP contribution in [0.2, 0.25) is 0 Å². The molecule has 0 aliphatic carbocycles. The number of H-pyrrole nitrogens is 1. The van der Waals surface area contributed by atoms with E-state index in [1.54, 1.807) is 43.4 Å². The number of para-hydroxylation sites is 1. The van der Waals surface area contributed by atoms with E-state index >= 15 is 0 Å². The highest BCUT2D eigenvalue weighted by molar-refractivity contribution is 5.97. The van der Waals surface area contributed by atoms with Crippen LogP contribution >= 0.6 is 0 Å². The van der Waals surface area contributed by atoms with Crippen molar-refractivity contribution < 1.29 is 19.4 Å². The summed E-state index contributed by atoms with van der Waals surface area (Å²) in [5.41, 5.74) is 4.18. The first kappa shape index (κ1) is 25.5. The Kier molecular flexibility index (Phi) is 8.24. The van der Waals surface area contributed by atoms with Crippen LogP contribution in [-0.2, 0) is 6.42 Å². The molecule has 0 saturated heterocycles. The zero-order valence-corrected chi connectivity index (χ0v) is 20.8. The van der Waals surface area contributed by atoms with E-state index in [1.165, 1.54) is 0 Å². The first-order valence-corrected chi connectivity index (χ1v) is 12.1. The first-order valence-electron chi connectivity index (χ1n) is 12.1. The van der Waals surface area contributed by atoms with Gasteiger partial charge in [0.05, 0.1) is 24.8 Å². The highest BCUT2D eigenvalue weighted by Crippen LogP contribution is 2.22. The first-order chi connectivity index (χ1) is 18.0. The van der Waals surface area contributed by atoms with Gasteiger partial charge in [0.25, 0.3) is 11.8 Å². The summed E-state index contributed by atoms with van der Waals surface area (Å²) in [6.45, 7) is 2.04. The summed E-state index contributed by atoms with van der Waals surface area (Å²) in [4.78, 5) is 28.4. The van der Waals surface area contributed by atoms with Gasteiger partial charge in [-0.25, -0.2) is 0 Å². The van der Waals surface area contributed by atoms with E-state index in [4.69, 9.17) is 4.74 Å². The van der Waals surface area contributed by atoms with Crippen LogP contribution in [0.5, 0.6) is 5.75 Å². The summed E-state index contributed by atoms with van der Waals surface area (Å²) in [6.07, 6.45) is 2.37. The molecule has 3 aromatic carbocycles. The van der Waals surface area contributed by atoms with E-state index < -0.39 is 6.04 Å². The van der Waals surface area contributed by atoms with E-state index in [-0.39, 0.29) is 18.4 Å². The Morgan fingerprint density at radius 1 is 1.00 bits per heavy atom. The molecule has 0 saturated carbocycles. The fourth-order valence-corrected chi connectivity index (χ4v) is 4.08. The molecular weight excluding hydrogens is 466 g/mol. The number of aromatic nitrogens is 1. The minimum absolute atomic E-state index is 0.185. The number of fused-ring (bicyclic) bond motifs is 1. The molecule has 7 heteroatoms. The second kappa shape index (κ2) is 11.9. The molecule has 188 valence electrons. The minimum atomic E-state index is -0.483. The lowest BCUT2D eigenvalue weighted by molar-refractivity contribution is 0.0911. The molecule has 0 bridgehead atoms. The van der Waals surface area contributed by atoms with Crippen molar-refractivity contribution in [1.29, 1.82) is 0 Å². The van der Waals surface area contributed by atoms with Crippen molar-refractivity contribution in [2.45, 2.75) is 19.4 Å². The normalized spacial score (nSPS) is 11.3. The van der Waals surface area contributed by atoms with Crippen LogP contribution in [0.3, 0.4) is 0 Å². The molecule has 4 aromatic rings. The summed E-state index contributed by atoms with van der Waals surface area (Å²) in [6, 6.07) is 19.6. The van der Waals surface area contributed by atoms with Gasteiger partial charge in [-0.05, 0) is 61.4 Å². The number of rotatable bonds is 8. The van der Waals surface area contributed by atoms with Gasteiger partial charge < -0.3 is 25.5 Å². The maximum absolute atomic E-state index is 13.3. The Bertz CT molecular complexity index is 1480. The Hall–Kier alpha value is -4.54. The van der Waals surface area contributed by atoms with Gasteiger partial charge in [0.2, 0.25) is 0 Å². The molecule has 37 heavy (non-hydrogen) atoms. The lowest BCUT2D eigenvalue weighted by Gasteiger charge is -2.18. The van der Waals surface area contributed by atoms with Crippen LogP contribution in [0, 0.1) is 11.8 Å². The molecule has 1 heterocycles. The highest BCUT2D eigenvalue weighted by Gasteiger charge is 2.19. The number of carbonyl (C=O) groups excluding carboxylic acids is 2. The van der Waals surface area contributed by atoms with E-state index in [1.807, 2.05) is 43.5 Å². The van der Waals surface area contributed by atoms with Crippen LogP contribution < -0.4 is 15.4 Å². The van der Waals surface area contributed by atoms with Crippen molar-refractivity contribution in [1.82, 2.24) is 15.6 Å². The Balaban J connectivity index is 1.56. The summed E-state index contributed by atoms with van der Waals surface area (Å²) in [7, 11) is 1.58. The minimum Gasteiger partial charge on any atom is -0.493 e. The molecule has 0 aliphatic heterocycles. The largest absolute Gasteiger partial charge is 0.493 e. The average molecular weight is 496 g/mol. The van der Waals surface area contributed by atoms with Crippen LogP contribution in [0.4, 0.5) is 0 Å². The van der Waals surface area contributed by atoms with Crippen LogP contribution in [0.25, 0.3) is 10.9 Å². The summed E-state index contributed by atoms with van der Waals surface area (Å²) >= 11 is 0. The highest BCUT2D eigenvalue weighted by atomic mass is 16.5. The van der Waals surface area contributed by atoms with Crippen molar-refractivity contribution in [3.63, 3.8) is 0 Å². The number of amides is 2. The monoisotopic (exact) mass is 495 g/mol. The second-order valence-electron chi connectivity index (χ2n) is 8.47. The molecule has 0 radical (unpaired) electrons. The topological polar surface area (TPSA) is 103 Å². The molecule has 4 N–H and O–H groups in total. The SMILES string of the molecule is CCOc1ccc(C#Cc2cccc(C(=O)NC)c2)cc1C(=O)NC(CO)Cc1c[nH]c2ccccc12. The molecule has 4 rings (SSSR count). The van der Waals surface area contributed by atoms with Gasteiger partial charge in [0.15, 0.2) is 0 Å². The van der Waals surface area contributed by atoms with E-state index in [0.717, 1.165) is 16.5 Å². The molecule has 1 atom stereocenters. The maximum Gasteiger partial charge on any atom is 0.255 e. The number of benzene rings is 3. The summed E-state index contributed by atoms with van der Waals surface area (Å²) in [5.74, 6) is 6.01. The molecule has 1 unspecified atom stereocenters. The van der Waals surface area contributed by atoms with Crippen LogP contribution in [0.15, 0.2) is 72.9 Å². The third-order valence-electron chi connectivity index (χ3n) is 5.92. The molecule has 7 nitrogen and oxygen atoms in total. The third-order valence-corrected chi connectivity index (χ3v) is 5.92. The van der Waals surface area contributed by atoms with Gasteiger partial charge in [0.1, 0.15) is 5.75 Å². The molecule has 1 aromatic heterocycles. The summed E-state index contributed by atoms with van der Waals surface area (Å²) < 4.78 is 5.69. The van der Waals surface area contributed by atoms with Crippen molar-refractivity contribution in [2.24, 2.45) is 0 Å². The molecule has 2 amide bonds. The van der Waals surface area contributed by atoms with Crippen LogP contribution in [-0.4, -0.2) is 48.2 Å². The fraction of sp³-hybridized carbons (Fsp3) is 0.200. The van der Waals surface area contributed by atoms with Gasteiger partial charge in [-0.15, -0.1) is 0 Å². The zero-order valence-electron chi connectivity index (χ0n) is 20.8. The van der Waals surface area contributed by atoms with Gasteiger partial charge in [0, 0.05) is 40.8 Å². The second-order valence-corrected chi connectivity index (χ2v) is 8.47. The van der Waals surface area contributed by atoms with Crippen molar-refractivity contribution >= 4 is 22.7 Å². The van der Waals surface area contributed by atoms with Crippen molar-refractivity contribution in [3.8, 4) is 17.6 Å². The molecule has 0 fully saturated rings. The predicted octanol–water partition coefficient (Wildman–Crippen LogP) is 3.66. The molecule has 0 aliphatic rings. The van der Waals surface area contributed by atoms with Gasteiger partial charge >= 0.3 is 0 Å². The molecular formula is C30H29N3O4. The maximum atomic E-state index is 13.3. The number of ether oxygens (including phenoxy) is 1. The van der Waals surface area contributed by atoms with Gasteiger partial charge in [-0.1, -0.05) is 36.1 Å².